The number of carbonyl (C=O) groups excluding carboxylic acids is 1. The summed E-state index contributed by atoms with van der Waals surface area (Å²) in [5.41, 5.74) is 2.12. The van der Waals surface area contributed by atoms with E-state index in [-0.39, 0.29) is 5.78 Å². The monoisotopic (exact) mass is 255 g/mol. The van der Waals surface area contributed by atoms with E-state index in [0.29, 0.717) is 24.2 Å². The number of aliphatic carboxylic acids is 1. The van der Waals surface area contributed by atoms with E-state index in [1.165, 1.54) is 0 Å². The van der Waals surface area contributed by atoms with Crippen LogP contribution in [0, 0.1) is 5.92 Å². The fraction of sp³-hybridized carbons (Fsp3) is 0.200. The average molecular weight is 255 g/mol. The van der Waals surface area contributed by atoms with Gasteiger partial charge in [-0.3, -0.25) is 9.59 Å². The third kappa shape index (κ3) is 1.95. The molecule has 1 aliphatic heterocycles. The van der Waals surface area contributed by atoms with E-state index in [0.717, 1.165) is 5.69 Å². The first-order valence-corrected chi connectivity index (χ1v) is 6.18. The number of nitrogens with zero attached hydrogens (tertiary/aromatic N) is 1. The molecule has 0 amide bonds. The summed E-state index contributed by atoms with van der Waals surface area (Å²) in [6.45, 7) is 0.381. The van der Waals surface area contributed by atoms with Gasteiger partial charge in [-0.05, 0) is 12.1 Å². The van der Waals surface area contributed by atoms with Crippen LogP contribution in [-0.4, -0.2) is 21.4 Å². The number of carboxylic acids is 1. The summed E-state index contributed by atoms with van der Waals surface area (Å²) >= 11 is 0. The van der Waals surface area contributed by atoms with Crippen LogP contribution in [0.2, 0.25) is 0 Å². The van der Waals surface area contributed by atoms with E-state index < -0.39 is 11.9 Å². The fourth-order valence-electron chi connectivity index (χ4n) is 2.54. The summed E-state index contributed by atoms with van der Waals surface area (Å²) < 4.78 is 1.83. The van der Waals surface area contributed by atoms with Gasteiger partial charge in [0.25, 0.3) is 0 Å². The molecule has 1 N–H and O–H groups in total. The predicted octanol–water partition coefficient (Wildman–Crippen LogP) is 1.98. The van der Waals surface area contributed by atoms with Crippen molar-refractivity contribution < 1.29 is 14.7 Å². The molecule has 1 atom stereocenters. The number of carboxylic acid groups (broad SMARTS) is 1. The standard InChI is InChI=1S/C15H13NO3/c17-14(10-4-2-1-3-5-10)13-7-6-12-8-11(15(18)19)9-16(12)13/h1-7,11H,8-9H2,(H,18,19). The van der Waals surface area contributed by atoms with Crippen molar-refractivity contribution in [3.05, 3.63) is 59.4 Å². The van der Waals surface area contributed by atoms with E-state index in [4.69, 9.17) is 5.11 Å². The Labute approximate surface area is 110 Å². The summed E-state index contributed by atoms with van der Waals surface area (Å²) in [6, 6.07) is 12.7. The van der Waals surface area contributed by atoms with Crippen molar-refractivity contribution in [1.29, 1.82) is 0 Å². The Morgan fingerprint density at radius 1 is 1.11 bits per heavy atom. The van der Waals surface area contributed by atoms with Crippen LogP contribution in [0.3, 0.4) is 0 Å². The molecule has 0 saturated heterocycles. The van der Waals surface area contributed by atoms with Gasteiger partial charge < -0.3 is 9.67 Å². The molecule has 3 rings (SSSR count). The first-order chi connectivity index (χ1) is 9.16. The lowest BCUT2D eigenvalue weighted by molar-refractivity contribution is -0.141. The molecule has 1 unspecified atom stereocenters. The molecule has 0 radical (unpaired) electrons. The van der Waals surface area contributed by atoms with Gasteiger partial charge in [0.15, 0.2) is 0 Å². The van der Waals surface area contributed by atoms with Crippen LogP contribution in [0.4, 0.5) is 0 Å². The maximum Gasteiger partial charge on any atom is 0.308 e. The predicted molar refractivity (Wildman–Crippen MR) is 69.1 cm³/mol. The lowest BCUT2D eigenvalue weighted by atomic mass is 10.1. The number of aromatic nitrogens is 1. The molecule has 96 valence electrons. The first kappa shape index (κ1) is 11.7. The number of fused-ring (bicyclic) bond motifs is 1. The number of hydrogen-bond acceptors (Lipinski definition) is 2. The van der Waals surface area contributed by atoms with E-state index in [1.807, 2.05) is 28.8 Å². The summed E-state index contributed by atoms with van der Waals surface area (Å²) in [5, 5.41) is 9.05. The van der Waals surface area contributed by atoms with E-state index in [9.17, 15) is 9.59 Å². The van der Waals surface area contributed by atoms with Gasteiger partial charge >= 0.3 is 5.97 Å². The van der Waals surface area contributed by atoms with Crippen molar-refractivity contribution >= 4 is 11.8 Å². The Hall–Kier alpha value is -2.36. The van der Waals surface area contributed by atoms with E-state index in [2.05, 4.69) is 0 Å². The summed E-state index contributed by atoms with van der Waals surface area (Å²) in [7, 11) is 0. The molecule has 4 nitrogen and oxygen atoms in total. The minimum atomic E-state index is -0.804. The lowest BCUT2D eigenvalue weighted by Gasteiger charge is -2.06. The van der Waals surface area contributed by atoms with Gasteiger partial charge in [0, 0.05) is 24.2 Å². The highest BCUT2D eigenvalue weighted by Crippen LogP contribution is 2.25. The smallest absolute Gasteiger partial charge is 0.308 e. The Balaban J connectivity index is 1.93. The Bertz CT molecular complexity index is 643. The van der Waals surface area contributed by atoms with Crippen LogP contribution in [0.25, 0.3) is 0 Å². The van der Waals surface area contributed by atoms with Crippen molar-refractivity contribution in [2.45, 2.75) is 13.0 Å². The zero-order valence-electron chi connectivity index (χ0n) is 10.2. The SMILES string of the molecule is O=C(c1ccccc1)c1ccc2n1CC(C(=O)O)C2. The van der Waals surface area contributed by atoms with Crippen molar-refractivity contribution in [2.24, 2.45) is 5.92 Å². The molecule has 2 aromatic rings. The third-order valence-electron chi connectivity index (χ3n) is 3.55. The Morgan fingerprint density at radius 3 is 2.53 bits per heavy atom. The normalized spacial score (nSPS) is 17.2. The lowest BCUT2D eigenvalue weighted by Crippen LogP contribution is -2.16. The molecule has 0 spiro atoms. The molecule has 0 bridgehead atoms. The maximum atomic E-state index is 12.4. The highest BCUT2D eigenvalue weighted by atomic mass is 16.4. The van der Waals surface area contributed by atoms with Gasteiger partial charge in [-0.1, -0.05) is 30.3 Å². The highest BCUT2D eigenvalue weighted by molar-refractivity contribution is 6.08. The molecule has 0 fully saturated rings. The van der Waals surface area contributed by atoms with Crippen molar-refractivity contribution in [1.82, 2.24) is 4.57 Å². The maximum absolute atomic E-state index is 12.4. The molecule has 1 aromatic heterocycles. The molecular formula is C15H13NO3. The van der Waals surface area contributed by atoms with Gasteiger partial charge in [0.2, 0.25) is 5.78 Å². The summed E-state index contributed by atoms with van der Waals surface area (Å²) in [6.07, 6.45) is 0.497. The van der Waals surface area contributed by atoms with Gasteiger partial charge in [-0.2, -0.15) is 0 Å². The number of ketones is 1. The third-order valence-corrected chi connectivity index (χ3v) is 3.55. The van der Waals surface area contributed by atoms with Crippen LogP contribution < -0.4 is 0 Å². The summed E-state index contributed by atoms with van der Waals surface area (Å²) in [4.78, 5) is 23.4. The number of hydrogen-bond donors (Lipinski definition) is 1. The second kappa shape index (κ2) is 4.39. The number of carbonyl (C=O) groups is 2. The molecule has 19 heavy (non-hydrogen) atoms. The quantitative estimate of drug-likeness (QED) is 0.853. The second-order valence-electron chi connectivity index (χ2n) is 4.75. The molecule has 4 heteroatoms. The molecule has 2 heterocycles. The van der Waals surface area contributed by atoms with Crippen LogP contribution in [0.1, 0.15) is 21.7 Å². The second-order valence-corrected chi connectivity index (χ2v) is 4.75. The number of rotatable bonds is 3. The van der Waals surface area contributed by atoms with Crippen LogP contribution in [0.5, 0.6) is 0 Å². The fourth-order valence-corrected chi connectivity index (χ4v) is 2.54. The molecule has 1 aliphatic rings. The van der Waals surface area contributed by atoms with Crippen LogP contribution in [0.15, 0.2) is 42.5 Å². The van der Waals surface area contributed by atoms with Gasteiger partial charge in [0.05, 0.1) is 11.6 Å². The average Bonchev–Trinajstić information content (AvgIpc) is 2.98. The van der Waals surface area contributed by atoms with Crippen LogP contribution in [-0.2, 0) is 17.8 Å². The molecule has 0 aliphatic carbocycles. The zero-order valence-corrected chi connectivity index (χ0v) is 10.2. The zero-order chi connectivity index (χ0) is 13.4. The molecule has 0 saturated carbocycles. The van der Waals surface area contributed by atoms with Gasteiger partial charge in [-0.25, -0.2) is 0 Å². The summed E-state index contributed by atoms with van der Waals surface area (Å²) in [5.74, 6) is -1.28. The molecule has 1 aromatic carbocycles. The van der Waals surface area contributed by atoms with E-state index >= 15 is 0 Å². The van der Waals surface area contributed by atoms with Gasteiger partial charge in [0.1, 0.15) is 0 Å². The van der Waals surface area contributed by atoms with Crippen molar-refractivity contribution in [3.63, 3.8) is 0 Å². The van der Waals surface area contributed by atoms with E-state index in [1.54, 1.807) is 18.2 Å². The minimum absolute atomic E-state index is 0.0575. The van der Waals surface area contributed by atoms with Gasteiger partial charge in [-0.15, -0.1) is 0 Å². The van der Waals surface area contributed by atoms with Crippen molar-refractivity contribution in [2.75, 3.05) is 0 Å². The largest absolute Gasteiger partial charge is 0.481 e. The molecular weight excluding hydrogens is 242 g/mol. The minimum Gasteiger partial charge on any atom is -0.481 e. The van der Waals surface area contributed by atoms with Crippen LogP contribution >= 0.6 is 0 Å². The Morgan fingerprint density at radius 2 is 1.84 bits per heavy atom. The number of benzene rings is 1. The topological polar surface area (TPSA) is 59.3 Å². The Kier molecular flexibility index (Phi) is 2.71. The highest BCUT2D eigenvalue weighted by Gasteiger charge is 2.30. The van der Waals surface area contributed by atoms with Crippen molar-refractivity contribution in [3.8, 4) is 0 Å². The first-order valence-electron chi connectivity index (χ1n) is 6.18.